The monoisotopic (exact) mass is 506 g/mol. The van der Waals surface area contributed by atoms with Crippen LogP contribution in [0.4, 0.5) is 10.6 Å². The molecule has 0 saturated carbocycles. The lowest BCUT2D eigenvalue weighted by Gasteiger charge is -2.40. The number of aromatic nitrogens is 4. The van der Waals surface area contributed by atoms with Crippen molar-refractivity contribution < 1.29 is 14.3 Å². The number of anilines is 1. The van der Waals surface area contributed by atoms with Crippen LogP contribution in [0.2, 0.25) is 5.02 Å². The van der Waals surface area contributed by atoms with E-state index < -0.39 is 0 Å². The second-order valence-corrected chi connectivity index (χ2v) is 9.14. The topological polar surface area (TPSA) is 105 Å². The molecule has 1 fully saturated rings. The van der Waals surface area contributed by atoms with Crippen molar-refractivity contribution >= 4 is 34.7 Å². The van der Waals surface area contributed by atoms with Crippen LogP contribution in [0.25, 0.3) is 11.2 Å². The molecule has 36 heavy (non-hydrogen) atoms. The van der Waals surface area contributed by atoms with Crippen LogP contribution in [0.3, 0.4) is 0 Å². The number of nitrogens with zero attached hydrogens (tertiary/aromatic N) is 4. The van der Waals surface area contributed by atoms with Crippen molar-refractivity contribution in [2.45, 2.75) is 25.9 Å². The lowest BCUT2D eigenvalue weighted by molar-refractivity contribution is 0.0658. The van der Waals surface area contributed by atoms with Crippen LogP contribution >= 0.6 is 11.6 Å². The van der Waals surface area contributed by atoms with Gasteiger partial charge in [0.25, 0.3) is 0 Å². The molecule has 3 heterocycles. The number of H-pyrrole nitrogens is 1. The summed E-state index contributed by atoms with van der Waals surface area (Å²) in [4.78, 5) is 29.9. The fraction of sp³-hybridized carbons (Fsp3) is 0.308. The van der Waals surface area contributed by atoms with Crippen LogP contribution in [0.1, 0.15) is 28.2 Å². The summed E-state index contributed by atoms with van der Waals surface area (Å²) in [5.41, 5.74) is 5.36. The Kier molecular flexibility index (Phi) is 6.90. The van der Waals surface area contributed by atoms with E-state index in [2.05, 4.69) is 25.3 Å². The summed E-state index contributed by atoms with van der Waals surface area (Å²) in [7, 11) is 1.67. The maximum atomic E-state index is 12.5. The minimum absolute atomic E-state index is 0.126. The average Bonchev–Trinajstić information content (AvgIpc) is 3.35. The maximum Gasteiger partial charge on any atom is 0.410 e. The van der Waals surface area contributed by atoms with E-state index in [9.17, 15) is 4.79 Å². The van der Waals surface area contributed by atoms with E-state index in [1.807, 2.05) is 43.3 Å². The summed E-state index contributed by atoms with van der Waals surface area (Å²) >= 11 is 6.63. The molecule has 0 unspecified atom stereocenters. The third-order valence-corrected chi connectivity index (χ3v) is 6.86. The van der Waals surface area contributed by atoms with Gasteiger partial charge in [-0.3, -0.25) is 0 Å². The van der Waals surface area contributed by atoms with E-state index in [-0.39, 0.29) is 18.6 Å². The number of hydrogen-bond donors (Lipinski definition) is 2. The van der Waals surface area contributed by atoms with Crippen molar-refractivity contribution in [3.63, 3.8) is 0 Å². The minimum Gasteiger partial charge on any atom is -0.496 e. The second-order valence-electron chi connectivity index (χ2n) is 8.73. The molecule has 1 amide bonds. The highest BCUT2D eigenvalue weighted by atomic mass is 35.5. The van der Waals surface area contributed by atoms with Crippen LogP contribution in [-0.2, 0) is 17.8 Å². The molecule has 0 radical (unpaired) electrons. The Hall–Kier alpha value is -3.85. The molecule has 0 spiro atoms. The normalized spacial score (nSPS) is 13.5. The molecule has 0 atom stereocenters. The molecule has 1 saturated heterocycles. The number of imidazole rings is 1. The van der Waals surface area contributed by atoms with Crippen LogP contribution in [0.5, 0.6) is 5.75 Å². The third kappa shape index (κ3) is 4.79. The van der Waals surface area contributed by atoms with Crippen molar-refractivity contribution in [2.24, 2.45) is 0 Å². The number of likely N-dealkylation sites (tertiary alicyclic amines) is 1. The summed E-state index contributed by atoms with van der Waals surface area (Å²) in [6.45, 7) is 3.98. The van der Waals surface area contributed by atoms with Gasteiger partial charge in [-0.2, -0.15) is 0 Å². The summed E-state index contributed by atoms with van der Waals surface area (Å²) in [5.74, 6) is 1.63. The number of nitrogens with one attached hydrogen (secondary N) is 2. The van der Waals surface area contributed by atoms with Crippen LogP contribution in [0.15, 0.2) is 49.1 Å². The first-order valence-electron chi connectivity index (χ1n) is 11.7. The molecule has 2 aromatic heterocycles. The first-order chi connectivity index (χ1) is 17.5. The Bertz CT molecular complexity index is 1370. The van der Waals surface area contributed by atoms with Gasteiger partial charge < -0.3 is 24.7 Å². The van der Waals surface area contributed by atoms with Gasteiger partial charge in [-0.05, 0) is 36.1 Å². The molecule has 0 aliphatic carbocycles. The molecular formula is C26H27ClN6O3. The molecule has 2 N–H and O–H groups in total. The lowest BCUT2D eigenvalue weighted by atomic mass is 9.86. The number of ether oxygens (including phenoxy) is 2. The van der Waals surface area contributed by atoms with E-state index in [0.29, 0.717) is 42.5 Å². The van der Waals surface area contributed by atoms with Crippen molar-refractivity contribution in [2.75, 3.05) is 32.1 Å². The zero-order valence-electron chi connectivity index (χ0n) is 20.1. The van der Waals surface area contributed by atoms with E-state index >= 15 is 0 Å². The lowest BCUT2D eigenvalue weighted by Crippen LogP contribution is -2.49. The fourth-order valence-corrected chi connectivity index (χ4v) is 4.79. The maximum absolute atomic E-state index is 12.5. The molecule has 1 aliphatic heterocycles. The van der Waals surface area contributed by atoms with E-state index in [1.165, 1.54) is 6.33 Å². The number of benzene rings is 2. The molecule has 0 bridgehead atoms. The van der Waals surface area contributed by atoms with Gasteiger partial charge in [-0.25, -0.2) is 19.7 Å². The van der Waals surface area contributed by atoms with Gasteiger partial charge in [0.15, 0.2) is 11.5 Å². The number of halogens is 1. The number of carbonyl (C=O) groups excluding carboxylic acids is 1. The molecule has 4 aromatic rings. The van der Waals surface area contributed by atoms with E-state index in [1.54, 1.807) is 18.3 Å². The van der Waals surface area contributed by atoms with Gasteiger partial charge in [0.05, 0.1) is 13.4 Å². The smallest absolute Gasteiger partial charge is 0.410 e. The van der Waals surface area contributed by atoms with Gasteiger partial charge in [-0.1, -0.05) is 41.9 Å². The number of rotatable bonds is 8. The summed E-state index contributed by atoms with van der Waals surface area (Å²) < 4.78 is 11.3. The highest BCUT2D eigenvalue weighted by Gasteiger charge is 2.36. The summed E-state index contributed by atoms with van der Waals surface area (Å²) in [6, 6.07) is 11.6. The molecular weight excluding hydrogens is 480 g/mol. The number of hydrogen-bond acceptors (Lipinski definition) is 7. The molecule has 9 nitrogen and oxygen atoms in total. The summed E-state index contributed by atoms with van der Waals surface area (Å²) in [6.07, 6.45) is 3.44. The van der Waals surface area contributed by atoms with Gasteiger partial charge in [0.2, 0.25) is 0 Å². The molecule has 5 rings (SSSR count). The van der Waals surface area contributed by atoms with E-state index in [0.717, 1.165) is 33.5 Å². The Morgan fingerprint density at radius 1 is 1.22 bits per heavy atom. The van der Waals surface area contributed by atoms with E-state index in [4.69, 9.17) is 21.1 Å². The van der Waals surface area contributed by atoms with Gasteiger partial charge in [0.1, 0.15) is 24.2 Å². The van der Waals surface area contributed by atoms with Crippen molar-refractivity contribution in [1.29, 1.82) is 0 Å². The fourth-order valence-electron chi connectivity index (χ4n) is 4.55. The Balaban J connectivity index is 1.25. The quantitative estimate of drug-likeness (QED) is 0.356. The molecule has 1 aliphatic rings. The van der Waals surface area contributed by atoms with Gasteiger partial charge in [-0.15, -0.1) is 0 Å². The molecule has 10 heteroatoms. The highest BCUT2D eigenvalue weighted by Crippen LogP contribution is 2.41. The first-order valence-corrected chi connectivity index (χ1v) is 12.1. The van der Waals surface area contributed by atoms with Crippen molar-refractivity contribution in [1.82, 2.24) is 24.8 Å². The average molecular weight is 507 g/mol. The van der Waals surface area contributed by atoms with Crippen molar-refractivity contribution in [3.8, 4) is 5.75 Å². The number of amides is 1. The predicted octanol–water partition coefficient (Wildman–Crippen LogP) is 4.71. The largest absolute Gasteiger partial charge is 0.496 e. The van der Waals surface area contributed by atoms with Crippen LogP contribution in [0, 0.1) is 6.92 Å². The Morgan fingerprint density at radius 2 is 2.03 bits per heavy atom. The number of carbonyl (C=O) groups is 1. The molecule has 186 valence electrons. The second kappa shape index (κ2) is 10.4. The zero-order valence-corrected chi connectivity index (χ0v) is 20.9. The number of methoxy groups -OCH3 is 1. The predicted molar refractivity (Wildman–Crippen MR) is 138 cm³/mol. The number of fused-ring (bicyclic) bond motifs is 1. The zero-order chi connectivity index (χ0) is 25.1. The summed E-state index contributed by atoms with van der Waals surface area (Å²) in [5, 5.41) is 4.03. The SMILES string of the molecule is COc1c(CCNc2ncnc3nc[nH]c23)cc(Cl)c(C)c1C1CN(C(=O)OCc2ccccc2)C1. The third-order valence-electron chi connectivity index (χ3n) is 6.47. The van der Waals surface area contributed by atoms with Crippen LogP contribution < -0.4 is 10.1 Å². The Morgan fingerprint density at radius 3 is 2.81 bits per heavy atom. The van der Waals surface area contributed by atoms with Gasteiger partial charge >= 0.3 is 6.09 Å². The minimum atomic E-state index is -0.312. The Labute approximate surface area is 213 Å². The number of aromatic amines is 1. The standard InChI is InChI=1S/C26H27ClN6O3/c1-16-20(27)10-18(8-9-28-24-22-25(30-14-29-22)32-15-31-24)23(35-2)21(16)19-11-33(12-19)26(34)36-13-17-6-4-3-5-7-17/h3-7,10,14-15,19H,8-9,11-13H2,1-2H3,(H2,28,29,30,31,32). The van der Waals surface area contributed by atoms with Crippen LogP contribution in [-0.4, -0.2) is 57.7 Å². The van der Waals surface area contributed by atoms with Gasteiger partial charge in [0, 0.05) is 36.1 Å². The highest BCUT2D eigenvalue weighted by molar-refractivity contribution is 6.31. The molecule has 2 aromatic carbocycles. The van der Waals surface area contributed by atoms with Crippen molar-refractivity contribution in [3.05, 3.63) is 76.3 Å². The first kappa shape index (κ1) is 23.9.